The summed E-state index contributed by atoms with van der Waals surface area (Å²) in [7, 11) is 0. The Hall–Kier alpha value is -3.64. The highest BCUT2D eigenvalue weighted by Gasteiger charge is 2.14. The van der Waals surface area contributed by atoms with Crippen molar-refractivity contribution in [2.24, 2.45) is 0 Å². The third kappa shape index (κ3) is 3.90. The second kappa shape index (κ2) is 7.89. The van der Waals surface area contributed by atoms with Gasteiger partial charge in [-0.15, -0.1) is 0 Å². The summed E-state index contributed by atoms with van der Waals surface area (Å²) in [5.41, 5.74) is 1.50. The van der Waals surface area contributed by atoms with Crippen molar-refractivity contribution in [2.75, 3.05) is 0 Å². The minimum Gasteiger partial charge on any atom is -0.489 e. The fourth-order valence-corrected chi connectivity index (χ4v) is 3.86. The molecule has 0 aliphatic heterocycles. The molecule has 0 aliphatic rings. The average Bonchev–Trinajstić information content (AvgIpc) is 2.77. The van der Waals surface area contributed by atoms with Crippen LogP contribution in [-0.4, -0.2) is 0 Å². The van der Waals surface area contributed by atoms with Gasteiger partial charge in [0.15, 0.2) is 0 Å². The maximum absolute atomic E-state index is 12.7. The Morgan fingerprint density at radius 2 is 1.61 bits per heavy atom. The molecular weight excluding hydrogens is 460 g/mol. The van der Waals surface area contributed by atoms with E-state index in [1.165, 1.54) is 6.07 Å². The van der Waals surface area contributed by atoms with Gasteiger partial charge in [-0.25, -0.2) is 9.59 Å². The average molecular weight is 475 g/mol. The van der Waals surface area contributed by atoms with Gasteiger partial charge in [0.2, 0.25) is 0 Å². The summed E-state index contributed by atoms with van der Waals surface area (Å²) >= 11 is 3.42. The van der Waals surface area contributed by atoms with Crippen molar-refractivity contribution in [1.82, 2.24) is 0 Å². The fourth-order valence-electron chi connectivity index (χ4n) is 3.48. The third-order valence-electron chi connectivity index (χ3n) is 4.95. The number of hydrogen-bond acceptors (Lipinski definition) is 5. The largest absolute Gasteiger partial charge is 0.489 e. The van der Waals surface area contributed by atoms with Crippen LogP contribution in [0, 0.1) is 0 Å². The Balaban J connectivity index is 1.60. The second-order valence-electron chi connectivity index (χ2n) is 7.04. The zero-order valence-electron chi connectivity index (χ0n) is 16.1. The van der Waals surface area contributed by atoms with Crippen molar-refractivity contribution >= 4 is 37.9 Å². The Bertz CT molecular complexity index is 1530. The standard InChI is InChI=1S/C25H15BrO5/c26-17-6-9-22-16(10-17)11-21(25(28)31-22)20-13-24(27)30-23-12-18(7-8-19(20)23)29-14-15-4-2-1-3-5-15/h1-13H,14H2. The summed E-state index contributed by atoms with van der Waals surface area (Å²) in [6.45, 7) is 0.388. The first-order valence-corrected chi connectivity index (χ1v) is 10.3. The minimum absolute atomic E-state index is 0.293. The van der Waals surface area contributed by atoms with Gasteiger partial charge in [0.05, 0.1) is 5.56 Å². The molecule has 2 aromatic heterocycles. The first-order valence-electron chi connectivity index (χ1n) is 9.55. The maximum atomic E-state index is 12.7. The molecule has 0 N–H and O–H groups in total. The van der Waals surface area contributed by atoms with Crippen LogP contribution in [0.1, 0.15) is 5.56 Å². The summed E-state index contributed by atoms with van der Waals surface area (Å²) in [4.78, 5) is 24.9. The Morgan fingerprint density at radius 3 is 2.45 bits per heavy atom. The number of ether oxygens (including phenoxy) is 1. The van der Waals surface area contributed by atoms with E-state index in [-0.39, 0.29) is 0 Å². The Kier molecular flexibility index (Phi) is 4.92. The molecule has 0 bridgehead atoms. The van der Waals surface area contributed by atoms with Crippen LogP contribution in [0.3, 0.4) is 0 Å². The van der Waals surface area contributed by atoms with Crippen LogP contribution < -0.4 is 16.0 Å². The molecule has 6 heteroatoms. The molecule has 3 aromatic carbocycles. The van der Waals surface area contributed by atoms with E-state index in [0.717, 1.165) is 15.4 Å². The summed E-state index contributed by atoms with van der Waals surface area (Å²) < 4.78 is 17.5. The van der Waals surface area contributed by atoms with E-state index in [0.29, 0.717) is 40.0 Å². The van der Waals surface area contributed by atoms with Gasteiger partial charge in [-0.1, -0.05) is 46.3 Å². The van der Waals surface area contributed by atoms with Gasteiger partial charge >= 0.3 is 11.3 Å². The molecule has 0 atom stereocenters. The summed E-state index contributed by atoms with van der Waals surface area (Å²) in [6, 6.07) is 23.4. The van der Waals surface area contributed by atoms with Crippen LogP contribution in [0.2, 0.25) is 0 Å². The van der Waals surface area contributed by atoms with E-state index in [9.17, 15) is 9.59 Å². The highest BCUT2D eigenvalue weighted by Crippen LogP contribution is 2.30. The first-order chi connectivity index (χ1) is 15.1. The number of halogens is 1. The molecular formula is C25H15BrO5. The number of rotatable bonds is 4. The van der Waals surface area contributed by atoms with E-state index in [1.54, 1.807) is 36.4 Å². The van der Waals surface area contributed by atoms with E-state index >= 15 is 0 Å². The molecule has 0 radical (unpaired) electrons. The van der Waals surface area contributed by atoms with Crippen molar-refractivity contribution < 1.29 is 13.6 Å². The Morgan fingerprint density at radius 1 is 0.774 bits per heavy atom. The fraction of sp³-hybridized carbons (Fsp3) is 0.0400. The number of hydrogen-bond donors (Lipinski definition) is 0. The normalized spacial score (nSPS) is 11.1. The zero-order valence-corrected chi connectivity index (χ0v) is 17.7. The lowest BCUT2D eigenvalue weighted by Gasteiger charge is -2.09. The Labute approximate surface area is 184 Å². The molecule has 0 amide bonds. The van der Waals surface area contributed by atoms with E-state index in [1.807, 2.05) is 36.4 Å². The van der Waals surface area contributed by atoms with Crippen molar-refractivity contribution in [2.45, 2.75) is 6.61 Å². The van der Waals surface area contributed by atoms with E-state index in [4.69, 9.17) is 13.6 Å². The van der Waals surface area contributed by atoms with Crippen LogP contribution in [0.5, 0.6) is 5.75 Å². The highest BCUT2D eigenvalue weighted by molar-refractivity contribution is 9.10. The highest BCUT2D eigenvalue weighted by atomic mass is 79.9. The van der Waals surface area contributed by atoms with Crippen molar-refractivity contribution in [1.29, 1.82) is 0 Å². The van der Waals surface area contributed by atoms with Gasteiger partial charge in [0.25, 0.3) is 0 Å². The smallest absolute Gasteiger partial charge is 0.344 e. The predicted molar refractivity (Wildman–Crippen MR) is 122 cm³/mol. The molecule has 152 valence electrons. The molecule has 5 aromatic rings. The SMILES string of the molecule is O=c1cc(-c2cc3cc(Br)ccc3oc2=O)c2ccc(OCc3ccccc3)cc2o1. The molecule has 0 spiro atoms. The predicted octanol–water partition coefficient (Wildman–Crippen LogP) is 5.91. The lowest BCUT2D eigenvalue weighted by Crippen LogP contribution is -2.06. The van der Waals surface area contributed by atoms with Crippen LogP contribution in [-0.2, 0) is 6.61 Å². The summed E-state index contributed by atoms with van der Waals surface area (Å²) in [5.74, 6) is 0.561. The molecule has 31 heavy (non-hydrogen) atoms. The lowest BCUT2D eigenvalue weighted by molar-refractivity contribution is 0.306. The van der Waals surface area contributed by atoms with Crippen LogP contribution in [0.25, 0.3) is 33.1 Å². The molecule has 0 saturated carbocycles. The van der Waals surface area contributed by atoms with Crippen LogP contribution in [0.4, 0.5) is 0 Å². The van der Waals surface area contributed by atoms with Gasteiger partial charge in [-0.3, -0.25) is 0 Å². The molecule has 0 aliphatic carbocycles. The third-order valence-corrected chi connectivity index (χ3v) is 5.44. The molecule has 0 fully saturated rings. The van der Waals surface area contributed by atoms with Gasteiger partial charge in [-0.2, -0.15) is 0 Å². The zero-order chi connectivity index (χ0) is 21.4. The summed E-state index contributed by atoms with van der Waals surface area (Å²) in [6.07, 6.45) is 0. The number of fused-ring (bicyclic) bond motifs is 2. The van der Waals surface area contributed by atoms with Crippen molar-refractivity contribution in [3.63, 3.8) is 0 Å². The topological polar surface area (TPSA) is 69.7 Å². The lowest BCUT2D eigenvalue weighted by atomic mass is 10.0. The molecule has 5 nitrogen and oxygen atoms in total. The van der Waals surface area contributed by atoms with Gasteiger partial charge in [0.1, 0.15) is 23.5 Å². The van der Waals surface area contributed by atoms with E-state index < -0.39 is 11.3 Å². The summed E-state index contributed by atoms with van der Waals surface area (Å²) in [5, 5.41) is 1.36. The monoisotopic (exact) mass is 474 g/mol. The van der Waals surface area contributed by atoms with Gasteiger partial charge < -0.3 is 13.6 Å². The van der Waals surface area contributed by atoms with Crippen LogP contribution >= 0.6 is 15.9 Å². The van der Waals surface area contributed by atoms with Crippen LogP contribution in [0.15, 0.2) is 102 Å². The molecule has 5 rings (SSSR count). The molecule has 0 saturated heterocycles. The maximum Gasteiger partial charge on any atom is 0.344 e. The van der Waals surface area contributed by atoms with Crippen molar-refractivity contribution in [3.8, 4) is 16.9 Å². The quantitative estimate of drug-likeness (QED) is 0.303. The van der Waals surface area contributed by atoms with Gasteiger partial charge in [-0.05, 0) is 42.0 Å². The minimum atomic E-state index is -0.559. The van der Waals surface area contributed by atoms with Gasteiger partial charge in [0, 0.05) is 32.9 Å². The first kappa shape index (κ1) is 19.3. The number of benzene rings is 3. The molecule has 2 heterocycles. The van der Waals surface area contributed by atoms with E-state index in [2.05, 4.69) is 15.9 Å². The molecule has 0 unspecified atom stereocenters. The second-order valence-corrected chi connectivity index (χ2v) is 7.96. The van der Waals surface area contributed by atoms with Crippen molar-refractivity contribution in [3.05, 3.63) is 110 Å².